The number of hydrogen-bond acceptors (Lipinski definition) is 2. The molecule has 0 saturated heterocycles. The Morgan fingerprint density at radius 1 is 1.33 bits per heavy atom. The van der Waals surface area contributed by atoms with Gasteiger partial charge < -0.3 is 4.90 Å². The Kier molecular flexibility index (Phi) is 4.41. The maximum atomic E-state index is 12.4. The smallest absolute Gasteiger partial charge is 0.254 e. The Morgan fingerprint density at radius 3 is 2.44 bits per heavy atom. The van der Waals surface area contributed by atoms with Crippen LogP contribution < -0.4 is 0 Å². The summed E-state index contributed by atoms with van der Waals surface area (Å²) in [6, 6.07) is 7.95. The van der Waals surface area contributed by atoms with Gasteiger partial charge in [-0.2, -0.15) is 5.26 Å². The lowest BCUT2D eigenvalue weighted by molar-refractivity contribution is 0.0746. The van der Waals surface area contributed by atoms with Gasteiger partial charge in [-0.1, -0.05) is 31.9 Å². The molecule has 0 unspecified atom stereocenters. The highest BCUT2D eigenvalue weighted by Gasteiger charge is 2.32. The summed E-state index contributed by atoms with van der Waals surface area (Å²) < 4.78 is 1.74. The molecule has 18 heavy (non-hydrogen) atoms. The largest absolute Gasteiger partial charge is 0.335 e. The summed E-state index contributed by atoms with van der Waals surface area (Å²) in [6.45, 7) is 0.518. The van der Waals surface area contributed by atoms with Crippen molar-refractivity contribution in [1.82, 2.24) is 4.90 Å². The second-order valence-corrected chi connectivity index (χ2v) is 6.13. The molecule has 0 radical (unpaired) electrons. The SMILES string of the molecule is N#CCCN(C(=O)c1cc(Br)cc(Br)c1)C1CC1. The van der Waals surface area contributed by atoms with Gasteiger partial charge in [-0.15, -0.1) is 0 Å². The standard InChI is InChI=1S/C13H12Br2N2O/c14-10-6-9(7-11(15)8-10)13(18)17(5-1-4-16)12-2-3-12/h6-8,12H,1-3,5H2. The van der Waals surface area contributed by atoms with Crippen LogP contribution in [0.25, 0.3) is 0 Å². The topological polar surface area (TPSA) is 44.1 Å². The summed E-state index contributed by atoms with van der Waals surface area (Å²) in [5.74, 6) is 0.00903. The molecule has 3 nitrogen and oxygen atoms in total. The second-order valence-electron chi connectivity index (χ2n) is 4.30. The van der Waals surface area contributed by atoms with Crippen LogP contribution in [0.15, 0.2) is 27.1 Å². The zero-order valence-corrected chi connectivity index (χ0v) is 12.9. The van der Waals surface area contributed by atoms with E-state index in [0.29, 0.717) is 24.6 Å². The highest BCUT2D eigenvalue weighted by Crippen LogP contribution is 2.29. The van der Waals surface area contributed by atoms with E-state index in [2.05, 4.69) is 37.9 Å². The minimum absolute atomic E-state index is 0.00903. The Morgan fingerprint density at radius 2 is 1.94 bits per heavy atom. The summed E-state index contributed by atoms with van der Waals surface area (Å²) in [4.78, 5) is 14.2. The van der Waals surface area contributed by atoms with Gasteiger partial charge >= 0.3 is 0 Å². The fourth-order valence-electron chi connectivity index (χ4n) is 1.85. The van der Waals surface area contributed by atoms with Crippen LogP contribution >= 0.6 is 31.9 Å². The van der Waals surface area contributed by atoms with Crippen molar-refractivity contribution in [3.05, 3.63) is 32.7 Å². The normalized spacial score (nSPS) is 14.1. The van der Waals surface area contributed by atoms with E-state index in [-0.39, 0.29) is 5.91 Å². The molecule has 0 heterocycles. The molecule has 0 bridgehead atoms. The third kappa shape index (κ3) is 3.33. The quantitative estimate of drug-likeness (QED) is 0.809. The fourth-order valence-corrected chi connectivity index (χ4v) is 3.14. The summed E-state index contributed by atoms with van der Waals surface area (Å²) in [6.07, 6.45) is 2.48. The number of nitriles is 1. The Balaban J connectivity index is 2.19. The van der Waals surface area contributed by atoms with E-state index in [9.17, 15) is 4.79 Å². The molecule has 94 valence electrons. The van der Waals surface area contributed by atoms with E-state index in [4.69, 9.17) is 5.26 Å². The summed E-state index contributed by atoms with van der Waals surface area (Å²) >= 11 is 6.77. The minimum Gasteiger partial charge on any atom is -0.335 e. The maximum absolute atomic E-state index is 12.4. The van der Waals surface area contributed by atoms with Gasteiger partial charge in [-0.25, -0.2) is 0 Å². The molecule has 1 aliphatic rings. The third-order valence-corrected chi connectivity index (χ3v) is 3.74. The van der Waals surface area contributed by atoms with Gasteiger partial charge in [0.2, 0.25) is 0 Å². The van der Waals surface area contributed by atoms with Crippen molar-refractivity contribution < 1.29 is 4.79 Å². The van der Waals surface area contributed by atoms with Gasteiger partial charge in [0.25, 0.3) is 5.91 Å². The molecule has 1 aromatic rings. The lowest BCUT2D eigenvalue weighted by atomic mass is 10.2. The van der Waals surface area contributed by atoms with E-state index >= 15 is 0 Å². The molecule has 1 aromatic carbocycles. The summed E-state index contributed by atoms with van der Waals surface area (Å²) in [5, 5.41) is 8.65. The lowest BCUT2D eigenvalue weighted by Crippen LogP contribution is -2.33. The number of hydrogen-bond donors (Lipinski definition) is 0. The molecule has 0 atom stereocenters. The number of rotatable bonds is 4. The number of nitrogens with zero attached hydrogens (tertiary/aromatic N) is 2. The summed E-state index contributed by atoms with van der Waals surface area (Å²) in [7, 11) is 0. The van der Waals surface area contributed by atoms with Crippen LogP contribution in [0.2, 0.25) is 0 Å². The molecule has 0 aromatic heterocycles. The van der Waals surface area contributed by atoms with Crippen molar-refractivity contribution in [3.8, 4) is 6.07 Å². The van der Waals surface area contributed by atoms with Gasteiger partial charge in [0.05, 0.1) is 12.5 Å². The first-order valence-corrected chi connectivity index (χ1v) is 7.34. The van der Waals surface area contributed by atoms with Gasteiger partial charge in [-0.05, 0) is 31.0 Å². The average Bonchev–Trinajstić information content (AvgIpc) is 3.12. The molecule has 1 fully saturated rings. The molecule has 2 rings (SSSR count). The highest BCUT2D eigenvalue weighted by molar-refractivity contribution is 9.11. The molecule has 0 N–H and O–H groups in total. The molecular weight excluding hydrogens is 360 g/mol. The van der Waals surface area contributed by atoms with Gasteiger partial charge in [-0.3, -0.25) is 4.79 Å². The first-order valence-electron chi connectivity index (χ1n) is 5.76. The Hall–Kier alpha value is -0.860. The average molecular weight is 372 g/mol. The van der Waals surface area contributed by atoms with E-state index < -0.39 is 0 Å². The van der Waals surface area contributed by atoms with Crippen molar-refractivity contribution in [3.63, 3.8) is 0 Å². The number of carbonyl (C=O) groups is 1. The Labute approximate surface area is 123 Å². The Bertz CT molecular complexity index is 486. The van der Waals surface area contributed by atoms with E-state index in [1.807, 2.05) is 23.1 Å². The zero-order valence-electron chi connectivity index (χ0n) is 9.70. The van der Waals surface area contributed by atoms with Gasteiger partial charge in [0.1, 0.15) is 0 Å². The maximum Gasteiger partial charge on any atom is 0.254 e. The zero-order chi connectivity index (χ0) is 13.1. The second kappa shape index (κ2) is 5.85. The van der Waals surface area contributed by atoms with Gasteiger partial charge in [0.15, 0.2) is 0 Å². The van der Waals surface area contributed by atoms with Crippen molar-refractivity contribution in [2.75, 3.05) is 6.54 Å². The van der Waals surface area contributed by atoms with Crippen LogP contribution in [0.1, 0.15) is 29.6 Å². The number of benzene rings is 1. The predicted molar refractivity (Wildman–Crippen MR) is 76.1 cm³/mol. The summed E-state index contributed by atoms with van der Waals surface area (Å²) in [5.41, 5.74) is 0.654. The van der Waals surface area contributed by atoms with Crippen LogP contribution in [0.4, 0.5) is 0 Å². The molecule has 1 amide bonds. The molecule has 5 heteroatoms. The minimum atomic E-state index is 0.00903. The fraction of sp³-hybridized carbons (Fsp3) is 0.385. The van der Waals surface area contributed by atoms with Crippen molar-refractivity contribution in [2.45, 2.75) is 25.3 Å². The number of carbonyl (C=O) groups excluding carboxylic acids is 1. The molecule has 1 saturated carbocycles. The van der Waals surface area contributed by atoms with Crippen LogP contribution in [-0.2, 0) is 0 Å². The van der Waals surface area contributed by atoms with Gasteiger partial charge in [0, 0.05) is 27.1 Å². The van der Waals surface area contributed by atoms with Crippen LogP contribution in [0, 0.1) is 11.3 Å². The predicted octanol–water partition coefficient (Wildman–Crippen LogP) is 3.73. The van der Waals surface area contributed by atoms with Crippen molar-refractivity contribution in [1.29, 1.82) is 5.26 Å². The van der Waals surface area contributed by atoms with Crippen molar-refractivity contribution in [2.24, 2.45) is 0 Å². The van der Waals surface area contributed by atoms with Crippen molar-refractivity contribution >= 4 is 37.8 Å². The van der Waals surface area contributed by atoms with Crippen LogP contribution in [-0.4, -0.2) is 23.4 Å². The van der Waals surface area contributed by atoms with E-state index in [1.54, 1.807) is 0 Å². The first-order chi connectivity index (χ1) is 8.61. The third-order valence-electron chi connectivity index (χ3n) is 2.82. The molecule has 0 aliphatic heterocycles. The molecular formula is C13H12Br2N2O. The number of halogens is 2. The lowest BCUT2D eigenvalue weighted by Gasteiger charge is -2.21. The van der Waals surface area contributed by atoms with Crippen LogP contribution in [0.5, 0.6) is 0 Å². The monoisotopic (exact) mass is 370 g/mol. The molecule has 1 aliphatic carbocycles. The van der Waals surface area contributed by atoms with E-state index in [0.717, 1.165) is 21.8 Å². The highest BCUT2D eigenvalue weighted by atomic mass is 79.9. The molecule has 0 spiro atoms. The number of amides is 1. The first kappa shape index (κ1) is 13.6. The van der Waals surface area contributed by atoms with Crippen LogP contribution in [0.3, 0.4) is 0 Å². The van der Waals surface area contributed by atoms with E-state index in [1.165, 1.54) is 0 Å².